The largest absolute Gasteiger partial charge is 0.375 e. The maximum atomic E-state index is 13.3. The quantitative estimate of drug-likeness (QED) is 0.796. The van der Waals surface area contributed by atoms with Gasteiger partial charge in [0, 0.05) is 19.6 Å². The zero-order valence-corrected chi connectivity index (χ0v) is 13.6. The molecule has 2 atom stereocenters. The first-order valence-electron chi connectivity index (χ1n) is 7.45. The van der Waals surface area contributed by atoms with Crippen LogP contribution in [0.5, 0.6) is 0 Å². The number of piperidine rings is 1. The molecule has 2 unspecified atom stereocenters. The number of sulfonamides is 1. The van der Waals surface area contributed by atoms with E-state index in [0.717, 1.165) is 25.1 Å². The van der Waals surface area contributed by atoms with Crippen molar-refractivity contribution in [2.45, 2.75) is 23.5 Å². The molecule has 3 rings (SSSR count). The van der Waals surface area contributed by atoms with Crippen LogP contribution in [0.1, 0.15) is 12.0 Å². The van der Waals surface area contributed by atoms with Gasteiger partial charge >= 0.3 is 0 Å². The Morgan fingerprint density at radius 1 is 1.39 bits per heavy atom. The van der Waals surface area contributed by atoms with E-state index in [2.05, 4.69) is 4.90 Å². The number of benzene rings is 1. The normalized spacial score (nSPS) is 26.5. The Balaban J connectivity index is 2.00. The molecule has 6 nitrogen and oxygen atoms in total. The molecular formula is C15H18FN3O3S. The lowest BCUT2D eigenvalue weighted by Crippen LogP contribution is -2.60. The zero-order valence-electron chi connectivity index (χ0n) is 12.8. The van der Waals surface area contributed by atoms with Crippen molar-refractivity contribution in [3.05, 3.63) is 29.6 Å². The van der Waals surface area contributed by atoms with Crippen LogP contribution in [0.3, 0.4) is 0 Å². The van der Waals surface area contributed by atoms with Gasteiger partial charge in [-0.15, -0.1) is 0 Å². The minimum Gasteiger partial charge on any atom is -0.375 e. The van der Waals surface area contributed by atoms with Crippen molar-refractivity contribution in [3.63, 3.8) is 0 Å². The minimum atomic E-state index is -3.88. The molecule has 0 saturated carbocycles. The zero-order chi connectivity index (χ0) is 16.6. The average molecular weight is 339 g/mol. The molecule has 23 heavy (non-hydrogen) atoms. The van der Waals surface area contributed by atoms with Gasteiger partial charge in [-0.3, -0.25) is 0 Å². The summed E-state index contributed by atoms with van der Waals surface area (Å²) in [7, 11) is -1.94. The lowest BCUT2D eigenvalue weighted by molar-refractivity contribution is -0.0719. The number of morpholine rings is 1. The second-order valence-electron chi connectivity index (χ2n) is 5.90. The molecule has 0 N–H and O–H groups in total. The van der Waals surface area contributed by atoms with Crippen molar-refractivity contribution in [2.75, 3.05) is 33.3 Å². The van der Waals surface area contributed by atoms with E-state index in [0.29, 0.717) is 13.2 Å². The second kappa shape index (κ2) is 6.17. The summed E-state index contributed by atoms with van der Waals surface area (Å²) in [5, 5.41) is 9.15. The van der Waals surface area contributed by atoms with Crippen molar-refractivity contribution in [1.82, 2.24) is 9.21 Å². The van der Waals surface area contributed by atoms with Crippen LogP contribution in [0.4, 0.5) is 4.39 Å². The highest BCUT2D eigenvalue weighted by Crippen LogP contribution is 2.29. The van der Waals surface area contributed by atoms with Crippen molar-refractivity contribution < 1.29 is 17.5 Å². The van der Waals surface area contributed by atoms with E-state index in [1.54, 1.807) is 6.07 Å². The summed E-state index contributed by atoms with van der Waals surface area (Å²) in [6.07, 6.45) is 0.627. The Morgan fingerprint density at radius 3 is 2.91 bits per heavy atom. The number of hydrogen-bond acceptors (Lipinski definition) is 5. The summed E-state index contributed by atoms with van der Waals surface area (Å²) in [6.45, 7) is 1.99. The number of likely N-dealkylation sites (tertiary alicyclic amines) is 1. The standard InChI is InChI=1S/C15H18FN3O3S/c1-18-5-4-14-13(10-18)19(6-7-22-14)23(20,21)15-3-2-12(16)8-11(15)9-17/h2-3,8,13-14H,4-7,10H2,1H3. The van der Waals surface area contributed by atoms with E-state index >= 15 is 0 Å². The number of nitrogens with zero attached hydrogens (tertiary/aromatic N) is 3. The number of halogens is 1. The summed E-state index contributed by atoms with van der Waals surface area (Å²) in [5.41, 5.74) is -0.169. The van der Waals surface area contributed by atoms with E-state index in [1.165, 1.54) is 10.4 Å². The van der Waals surface area contributed by atoms with Crippen LogP contribution in [-0.4, -0.2) is 63.1 Å². The summed E-state index contributed by atoms with van der Waals surface area (Å²) in [6, 6.07) is 4.68. The van der Waals surface area contributed by atoms with Gasteiger partial charge in [0.2, 0.25) is 10.0 Å². The predicted molar refractivity (Wildman–Crippen MR) is 80.6 cm³/mol. The van der Waals surface area contributed by atoms with Gasteiger partial charge in [0.1, 0.15) is 16.8 Å². The number of likely N-dealkylation sites (N-methyl/N-ethyl adjacent to an activating group) is 1. The van der Waals surface area contributed by atoms with Crippen LogP contribution in [0.25, 0.3) is 0 Å². The molecule has 0 amide bonds. The van der Waals surface area contributed by atoms with Crippen LogP contribution in [0, 0.1) is 17.1 Å². The van der Waals surface area contributed by atoms with Crippen LogP contribution >= 0.6 is 0 Å². The lowest BCUT2D eigenvalue weighted by atomic mass is 10.0. The Hall–Kier alpha value is -1.53. The molecule has 2 aliphatic heterocycles. The highest BCUT2D eigenvalue weighted by Gasteiger charge is 2.42. The van der Waals surface area contributed by atoms with Gasteiger partial charge in [-0.2, -0.15) is 9.57 Å². The summed E-state index contributed by atoms with van der Waals surface area (Å²) in [5.74, 6) is -0.627. The molecule has 1 aromatic carbocycles. The Morgan fingerprint density at radius 2 is 2.17 bits per heavy atom. The minimum absolute atomic E-state index is 0.138. The molecule has 0 bridgehead atoms. The highest BCUT2D eigenvalue weighted by molar-refractivity contribution is 7.89. The van der Waals surface area contributed by atoms with Crippen molar-refractivity contribution >= 4 is 10.0 Å². The lowest BCUT2D eigenvalue weighted by Gasteiger charge is -2.45. The third kappa shape index (κ3) is 2.97. The molecule has 0 aliphatic carbocycles. The van der Waals surface area contributed by atoms with Crippen molar-refractivity contribution in [1.29, 1.82) is 5.26 Å². The molecule has 2 saturated heterocycles. The van der Waals surface area contributed by atoms with Gasteiger partial charge in [0.25, 0.3) is 0 Å². The highest BCUT2D eigenvalue weighted by atomic mass is 32.2. The van der Waals surface area contributed by atoms with Gasteiger partial charge in [0.15, 0.2) is 0 Å². The maximum absolute atomic E-state index is 13.3. The Labute approximate surface area is 135 Å². The van der Waals surface area contributed by atoms with E-state index in [9.17, 15) is 12.8 Å². The molecule has 2 aliphatic rings. The summed E-state index contributed by atoms with van der Waals surface area (Å²) in [4.78, 5) is 1.92. The fourth-order valence-corrected chi connectivity index (χ4v) is 4.99. The number of fused-ring (bicyclic) bond motifs is 1. The van der Waals surface area contributed by atoms with Crippen molar-refractivity contribution in [3.8, 4) is 6.07 Å². The average Bonchev–Trinajstić information content (AvgIpc) is 2.53. The van der Waals surface area contributed by atoms with Crippen LogP contribution in [0.2, 0.25) is 0 Å². The summed E-state index contributed by atoms with van der Waals surface area (Å²) < 4.78 is 46.5. The van der Waals surface area contributed by atoms with Gasteiger partial charge in [-0.05, 0) is 31.7 Å². The van der Waals surface area contributed by atoms with E-state index < -0.39 is 15.8 Å². The van der Waals surface area contributed by atoms with Gasteiger partial charge < -0.3 is 9.64 Å². The number of ether oxygens (including phenoxy) is 1. The molecular weight excluding hydrogens is 321 g/mol. The van der Waals surface area contributed by atoms with Gasteiger partial charge in [-0.25, -0.2) is 12.8 Å². The van der Waals surface area contributed by atoms with Crippen LogP contribution in [-0.2, 0) is 14.8 Å². The maximum Gasteiger partial charge on any atom is 0.244 e. The molecule has 0 aromatic heterocycles. The first-order valence-corrected chi connectivity index (χ1v) is 8.89. The fraction of sp³-hybridized carbons (Fsp3) is 0.533. The van der Waals surface area contributed by atoms with Crippen LogP contribution < -0.4 is 0 Å². The first kappa shape index (κ1) is 16.3. The first-order chi connectivity index (χ1) is 10.9. The smallest absolute Gasteiger partial charge is 0.244 e. The van der Waals surface area contributed by atoms with Gasteiger partial charge in [-0.1, -0.05) is 0 Å². The summed E-state index contributed by atoms with van der Waals surface area (Å²) >= 11 is 0. The third-order valence-corrected chi connectivity index (χ3v) is 6.37. The molecule has 2 heterocycles. The monoisotopic (exact) mass is 339 g/mol. The number of hydrogen-bond donors (Lipinski definition) is 0. The number of nitriles is 1. The third-order valence-electron chi connectivity index (χ3n) is 4.39. The molecule has 8 heteroatoms. The molecule has 0 radical (unpaired) electrons. The van der Waals surface area contributed by atoms with Crippen LogP contribution in [0.15, 0.2) is 23.1 Å². The number of rotatable bonds is 2. The van der Waals surface area contributed by atoms with Crippen molar-refractivity contribution in [2.24, 2.45) is 0 Å². The fourth-order valence-electron chi connectivity index (χ4n) is 3.24. The Kier molecular flexibility index (Phi) is 4.38. The molecule has 1 aromatic rings. The SMILES string of the molecule is CN1CCC2OCCN(S(=O)(=O)c3ccc(F)cc3C#N)C2C1. The second-order valence-corrected chi connectivity index (χ2v) is 7.75. The molecule has 2 fully saturated rings. The van der Waals surface area contributed by atoms with E-state index in [4.69, 9.17) is 10.00 Å². The van der Waals surface area contributed by atoms with E-state index in [1.807, 2.05) is 7.05 Å². The van der Waals surface area contributed by atoms with Gasteiger partial charge in [0.05, 0.1) is 24.3 Å². The van der Waals surface area contributed by atoms with E-state index in [-0.39, 0.29) is 29.1 Å². The molecule has 124 valence electrons. The predicted octanol–water partition coefficient (Wildman–Crippen LogP) is 0.791. The Bertz CT molecular complexity index is 747. The topological polar surface area (TPSA) is 73.6 Å². The molecule has 0 spiro atoms.